The first kappa shape index (κ1) is 13.6. The standard InChI is InChI=1S/C15H27N/c1-3-5-9-14-10-7-6-8-11-15(14)13-16-12-4-2/h1,14-16H,4-13H2,2H3. The highest BCUT2D eigenvalue weighted by molar-refractivity contribution is 4.86. The fraction of sp³-hybridized carbons (Fsp3) is 0.867. The van der Waals surface area contributed by atoms with Gasteiger partial charge in [-0.15, -0.1) is 12.3 Å². The van der Waals surface area contributed by atoms with Gasteiger partial charge in [0.2, 0.25) is 0 Å². The van der Waals surface area contributed by atoms with Crippen LogP contribution in [0.15, 0.2) is 0 Å². The largest absolute Gasteiger partial charge is 0.316 e. The Bertz CT molecular complexity index is 204. The molecule has 92 valence electrons. The lowest BCUT2D eigenvalue weighted by molar-refractivity contribution is 0.286. The van der Waals surface area contributed by atoms with Crippen molar-refractivity contribution in [3.8, 4) is 12.3 Å². The summed E-state index contributed by atoms with van der Waals surface area (Å²) in [7, 11) is 0. The summed E-state index contributed by atoms with van der Waals surface area (Å²) in [5.74, 6) is 4.56. The molecule has 0 radical (unpaired) electrons. The van der Waals surface area contributed by atoms with E-state index in [1.807, 2.05) is 0 Å². The molecule has 16 heavy (non-hydrogen) atoms. The van der Waals surface area contributed by atoms with Crippen molar-refractivity contribution in [2.45, 2.75) is 58.3 Å². The topological polar surface area (TPSA) is 12.0 Å². The van der Waals surface area contributed by atoms with Crippen LogP contribution >= 0.6 is 0 Å². The van der Waals surface area contributed by atoms with Gasteiger partial charge >= 0.3 is 0 Å². The summed E-state index contributed by atoms with van der Waals surface area (Å²) in [5, 5.41) is 3.59. The first-order valence-corrected chi connectivity index (χ1v) is 7.02. The SMILES string of the molecule is C#CCCC1CCCCCC1CNCCC. The summed E-state index contributed by atoms with van der Waals surface area (Å²) in [6, 6.07) is 0. The van der Waals surface area contributed by atoms with Crippen LogP contribution in [0.2, 0.25) is 0 Å². The van der Waals surface area contributed by atoms with Crippen LogP contribution in [0.1, 0.15) is 58.3 Å². The molecule has 0 aromatic heterocycles. The Morgan fingerprint density at radius 1 is 1.19 bits per heavy atom. The van der Waals surface area contributed by atoms with Crippen LogP contribution in [0.5, 0.6) is 0 Å². The molecule has 0 saturated heterocycles. The van der Waals surface area contributed by atoms with Gasteiger partial charge in [0.1, 0.15) is 0 Å². The van der Waals surface area contributed by atoms with Gasteiger partial charge in [-0.3, -0.25) is 0 Å². The molecule has 1 aliphatic rings. The van der Waals surface area contributed by atoms with Gasteiger partial charge in [0, 0.05) is 6.42 Å². The first-order chi connectivity index (χ1) is 7.88. The number of terminal acetylenes is 1. The van der Waals surface area contributed by atoms with Gasteiger partial charge in [0.15, 0.2) is 0 Å². The Balaban J connectivity index is 2.36. The molecule has 2 unspecified atom stereocenters. The van der Waals surface area contributed by atoms with E-state index in [0.29, 0.717) is 0 Å². The molecule has 0 spiro atoms. The van der Waals surface area contributed by atoms with Crippen LogP contribution in [-0.4, -0.2) is 13.1 Å². The maximum atomic E-state index is 5.39. The van der Waals surface area contributed by atoms with Gasteiger partial charge in [-0.2, -0.15) is 0 Å². The Hall–Kier alpha value is -0.480. The Morgan fingerprint density at radius 2 is 1.94 bits per heavy atom. The monoisotopic (exact) mass is 221 g/mol. The van der Waals surface area contributed by atoms with Crippen molar-refractivity contribution in [3.05, 3.63) is 0 Å². The van der Waals surface area contributed by atoms with Crippen LogP contribution in [0.3, 0.4) is 0 Å². The van der Waals surface area contributed by atoms with E-state index in [4.69, 9.17) is 6.42 Å². The highest BCUT2D eigenvalue weighted by Crippen LogP contribution is 2.31. The summed E-state index contributed by atoms with van der Waals surface area (Å²) in [6.07, 6.45) is 15.9. The van der Waals surface area contributed by atoms with Crippen molar-refractivity contribution < 1.29 is 0 Å². The van der Waals surface area contributed by atoms with Gasteiger partial charge in [-0.1, -0.05) is 32.6 Å². The summed E-state index contributed by atoms with van der Waals surface area (Å²) in [5.41, 5.74) is 0. The second-order valence-electron chi connectivity index (χ2n) is 5.11. The zero-order valence-corrected chi connectivity index (χ0v) is 10.8. The molecule has 1 fully saturated rings. The van der Waals surface area contributed by atoms with Gasteiger partial charge < -0.3 is 5.32 Å². The number of nitrogens with one attached hydrogen (secondary N) is 1. The van der Waals surface area contributed by atoms with Crippen LogP contribution in [0.4, 0.5) is 0 Å². The van der Waals surface area contributed by atoms with E-state index in [1.54, 1.807) is 0 Å². The van der Waals surface area contributed by atoms with Crippen molar-refractivity contribution in [1.82, 2.24) is 5.32 Å². The lowest BCUT2D eigenvalue weighted by atomic mass is 9.84. The zero-order chi connectivity index (χ0) is 11.6. The van der Waals surface area contributed by atoms with Crippen molar-refractivity contribution in [2.24, 2.45) is 11.8 Å². The smallest absolute Gasteiger partial charge is 0.00888 e. The summed E-state index contributed by atoms with van der Waals surface area (Å²) < 4.78 is 0. The second-order valence-corrected chi connectivity index (χ2v) is 5.11. The average molecular weight is 221 g/mol. The molecule has 0 amide bonds. The highest BCUT2D eigenvalue weighted by atomic mass is 14.9. The normalized spacial score (nSPS) is 26.0. The quantitative estimate of drug-likeness (QED) is 0.410. The average Bonchev–Trinajstić information content (AvgIpc) is 2.52. The number of hydrogen-bond donors (Lipinski definition) is 1. The van der Waals surface area contributed by atoms with Crippen LogP contribution in [0.25, 0.3) is 0 Å². The first-order valence-electron chi connectivity index (χ1n) is 7.02. The molecule has 0 heterocycles. The molecular formula is C15H27N. The third kappa shape index (κ3) is 5.03. The molecule has 0 aliphatic heterocycles. The molecule has 1 nitrogen and oxygen atoms in total. The van der Waals surface area contributed by atoms with E-state index in [-0.39, 0.29) is 0 Å². The third-order valence-electron chi connectivity index (χ3n) is 3.81. The Kier molecular flexibility index (Phi) is 7.34. The molecule has 0 aromatic carbocycles. The van der Waals surface area contributed by atoms with E-state index in [1.165, 1.54) is 58.0 Å². The highest BCUT2D eigenvalue weighted by Gasteiger charge is 2.22. The molecular weight excluding hydrogens is 194 g/mol. The zero-order valence-electron chi connectivity index (χ0n) is 10.8. The molecule has 2 atom stereocenters. The van der Waals surface area contributed by atoms with Crippen molar-refractivity contribution in [1.29, 1.82) is 0 Å². The second kappa shape index (κ2) is 8.65. The lowest BCUT2D eigenvalue weighted by Crippen LogP contribution is -2.28. The minimum absolute atomic E-state index is 0.877. The Morgan fingerprint density at radius 3 is 2.62 bits per heavy atom. The minimum atomic E-state index is 0.877. The van der Waals surface area contributed by atoms with E-state index in [2.05, 4.69) is 18.2 Å². The fourth-order valence-electron chi connectivity index (χ4n) is 2.84. The van der Waals surface area contributed by atoms with Crippen molar-refractivity contribution in [2.75, 3.05) is 13.1 Å². The van der Waals surface area contributed by atoms with Crippen molar-refractivity contribution in [3.63, 3.8) is 0 Å². The molecule has 1 rings (SSSR count). The maximum absolute atomic E-state index is 5.39. The molecule has 1 N–H and O–H groups in total. The number of hydrogen-bond acceptors (Lipinski definition) is 1. The lowest BCUT2D eigenvalue weighted by Gasteiger charge is -2.25. The maximum Gasteiger partial charge on any atom is 0.00888 e. The van der Waals surface area contributed by atoms with E-state index in [0.717, 1.165) is 18.3 Å². The molecule has 0 aromatic rings. The predicted octanol–water partition coefficient (Wildman–Crippen LogP) is 3.60. The van der Waals surface area contributed by atoms with E-state index < -0.39 is 0 Å². The van der Waals surface area contributed by atoms with Crippen LogP contribution in [-0.2, 0) is 0 Å². The molecule has 0 bridgehead atoms. The number of rotatable bonds is 6. The molecule has 1 aliphatic carbocycles. The third-order valence-corrected chi connectivity index (χ3v) is 3.81. The van der Waals surface area contributed by atoms with Gasteiger partial charge in [0.05, 0.1) is 0 Å². The van der Waals surface area contributed by atoms with Gasteiger partial charge in [-0.25, -0.2) is 0 Å². The van der Waals surface area contributed by atoms with E-state index >= 15 is 0 Å². The van der Waals surface area contributed by atoms with Crippen LogP contribution < -0.4 is 5.32 Å². The van der Waals surface area contributed by atoms with Crippen LogP contribution in [0, 0.1) is 24.2 Å². The van der Waals surface area contributed by atoms with Gasteiger partial charge in [0.25, 0.3) is 0 Å². The minimum Gasteiger partial charge on any atom is -0.316 e. The van der Waals surface area contributed by atoms with E-state index in [9.17, 15) is 0 Å². The predicted molar refractivity (Wildman–Crippen MR) is 71.3 cm³/mol. The molecule has 1 saturated carbocycles. The summed E-state index contributed by atoms with van der Waals surface area (Å²) in [6.45, 7) is 4.61. The summed E-state index contributed by atoms with van der Waals surface area (Å²) >= 11 is 0. The van der Waals surface area contributed by atoms with Gasteiger partial charge in [-0.05, 0) is 44.2 Å². The Labute approximate surface area is 101 Å². The summed E-state index contributed by atoms with van der Waals surface area (Å²) in [4.78, 5) is 0. The fourth-order valence-corrected chi connectivity index (χ4v) is 2.84. The van der Waals surface area contributed by atoms with Crippen molar-refractivity contribution >= 4 is 0 Å². The molecule has 1 heteroatoms.